The van der Waals surface area contributed by atoms with Crippen LogP contribution >= 0.6 is 0 Å². The summed E-state index contributed by atoms with van der Waals surface area (Å²) in [5.74, 6) is 2.14. The van der Waals surface area contributed by atoms with Gasteiger partial charge in [-0.15, -0.1) is 0 Å². The first-order valence-corrected chi connectivity index (χ1v) is 8.58. The second kappa shape index (κ2) is 8.49. The maximum Gasteiger partial charge on any atom is 0.229 e. The maximum absolute atomic E-state index is 5.58. The molecule has 1 saturated heterocycles. The van der Waals surface area contributed by atoms with Crippen LogP contribution in [0.3, 0.4) is 0 Å². The molecule has 5 heteroatoms. The van der Waals surface area contributed by atoms with Gasteiger partial charge in [0.1, 0.15) is 0 Å². The van der Waals surface area contributed by atoms with E-state index in [0.29, 0.717) is 12.0 Å². The first-order chi connectivity index (χ1) is 10.3. The molecule has 0 amide bonds. The Morgan fingerprint density at radius 2 is 1.95 bits per heavy atom. The van der Waals surface area contributed by atoms with E-state index < -0.39 is 0 Å². The summed E-state index contributed by atoms with van der Waals surface area (Å²) < 4.78 is 5.58. The van der Waals surface area contributed by atoms with Crippen molar-refractivity contribution < 1.29 is 4.52 Å². The van der Waals surface area contributed by atoms with Crippen molar-refractivity contribution in [1.29, 1.82) is 0 Å². The summed E-state index contributed by atoms with van der Waals surface area (Å²) in [7, 11) is 0. The highest BCUT2D eigenvalue weighted by molar-refractivity contribution is 4.99. The molecule has 1 aromatic heterocycles. The molecule has 1 aromatic rings. The fourth-order valence-electron chi connectivity index (χ4n) is 3.10. The predicted octanol–water partition coefficient (Wildman–Crippen LogP) is 3.11. The average molecular weight is 294 g/mol. The Morgan fingerprint density at radius 1 is 1.19 bits per heavy atom. The maximum atomic E-state index is 5.58. The zero-order valence-electron chi connectivity index (χ0n) is 13.8. The fourth-order valence-corrected chi connectivity index (χ4v) is 3.10. The van der Waals surface area contributed by atoms with Gasteiger partial charge in [0.15, 0.2) is 5.82 Å². The first-order valence-electron chi connectivity index (χ1n) is 8.58. The lowest BCUT2D eigenvalue weighted by Crippen LogP contribution is -2.45. The van der Waals surface area contributed by atoms with E-state index in [-0.39, 0.29) is 0 Å². The lowest BCUT2D eigenvalue weighted by atomic mass is 9.99. The van der Waals surface area contributed by atoms with Gasteiger partial charge < -0.3 is 9.84 Å². The monoisotopic (exact) mass is 294 g/mol. The molecule has 2 unspecified atom stereocenters. The molecule has 0 saturated carbocycles. The highest BCUT2D eigenvalue weighted by Crippen LogP contribution is 2.27. The zero-order valence-corrected chi connectivity index (χ0v) is 13.8. The molecule has 2 atom stereocenters. The van der Waals surface area contributed by atoms with Crippen molar-refractivity contribution >= 4 is 0 Å². The van der Waals surface area contributed by atoms with Crippen LogP contribution in [-0.4, -0.2) is 41.2 Å². The van der Waals surface area contributed by atoms with E-state index in [4.69, 9.17) is 9.51 Å². The molecular weight excluding hydrogens is 264 g/mol. The van der Waals surface area contributed by atoms with Gasteiger partial charge in [0.2, 0.25) is 5.89 Å². The molecule has 120 valence electrons. The molecule has 1 fully saturated rings. The summed E-state index contributed by atoms with van der Waals surface area (Å²) in [6.07, 6.45) is 5.71. The SMILES string of the molecule is CCCCC(CC)c1nc(C(CC)N2CCNCC2)no1. The Hall–Kier alpha value is -0.940. The second-order valence-corrected chi connectivity index (χ2v) is 5.95. The van der Waals surface area contributed by atoms with Crippen LogP contribution in [-0.2, 0) is 0 Å². The Morgan fingerprint density at radius 3 is 2.57 bits per heavy atom. The van der Waals surface area contributed by atoms with Crippen LogP contribution in [0, 0.1) is 0 Å². The van der Waals surface area contributed by atoms with Crippen LogP contribution in [0.15, 0.2) is 4.52 Å². The normalized spacial score (nSPS) is 19.6. The molecule has 0 aromatic carbocycles. The van der Waals surface area contributed by atoms with E-state index in [0.717, 1.165) is 57.2 Å². The molecule has 2 rings (SSSR count). The molecule has 0 bridgehead atoms. The Balaban J connectivity index is 2.05. The number of piperazine rings is 1. The first kappa shape index (κ1) is 16.4. The second-order valence-electron chi connectivity index (χ2n) is 5.95. The van der Waals surface area contributed by atoms with Crippen molar-refractivity contribution in [2.45, 2.75) is 64.8 Å². The van der Waals surface area contributed by atoms with Crippen LogP contribution in [0.25, 0.3) is 0 Å². The summed E-state index contributed by atoms with van der Waals surface area (Å²) in [6, 6.07) is 0.299. The molecule has 1 aliphatic heterocycles. The van der Waals surface area contributed by atoms with E-state index in [1.807, 2.05) is 0 Å². The zero-order chi connectivity index (χ0) is 15.1. The summed E-state index contributed by atoms with van der Waals surface area (Å²) >= 11 is 0. The fraction of sp³-hybridized carbons (Fsp3) is 0.875. The molecule has 21 heavy (non-hydrogen) atoms. The van der Waals surface area contributed by atoms with E-state index >= 15 is 0 Å². The third-order valence-electron chi connectivity index (χ3n) is 4.48. The predicted molar refractivity (Wildman–Crippen MR) is 84.3 cm³/mol. The minimum Gasteiger partial charge on any atom is -0.339 e. The van der Waals surface area contributed by atoms with E-state index in [1.54, 1.807) is 0 Å². The number of hydrogen-bond donors (Lipinski definition) is 1. The van der Waals surface area contributed by atoms with Gasteiger partial charge in [0.05, 0.1) is 6.04 Å². The average Bonchev–Trinajstić information content (AvgIpc) is 2.99. The van der Waals surface area contributed by atoms with Crippen molar-refractivity contribution in [3.63, 3.8) is 0 Å². The third kappa shape index (κ3) is 4.27. The quantitative estimate of drug-likeness (QED) is 0.798. The van der Waals surface area contributed by atoms with Crippen LogP contribution in [0.4, 0.5) is 0 Å². The number of aromatic nitrogens is 2. The lowest BCUT2D eigenvalue weighted by Gasteiger charge is -2.32. The van der Waals surface area contributed by atoms with E-state index in [9.17, 15) is 0 Å². The molecule has 1 N–H and O–H groups in total. The Labute approximate surface area is 128 Å². The van der Waals surface area contributed by atoms with E-state index in [2.05, 4.69) is 36.1 Å². The smallest absolute Gasteiger partial charge is 0.229 e. The van der Waals surface area contributed by atoms with Crippen molar-refractivity contribution in [3.8, 4) is 0 Å². The van der Waals surface area contributed by atoms with Gasteiger partial charge in [-0.1, -0.05) is 38.8 Å². The molecule has 1 aliphatic rings. The minimum atomic E-state index is 0.299. The van der Waals surface area contributed by atoms with Gasteiger partial charge in [-0.3, -0.25) is 4.90 Å². The Bertz CT molecular complexity index is 401. The largest absolute Gasteiger partial charge is 0.339 e. The standard InChI is InChI=1S/C16H30N4O/c1-4-7-8-13(5-2)16-18-15(19-21-16)14(6-3)20-11-9-17-10-12-20/h13-14,17H,4-12H2,1-3H3. The van der Waals surface area contributed by atoms with Crippen LogP contribution in [0.2, 0.25) is 0 Å². The molecule has 5 nitrogen and oxygen atoms in total. The highest BCUT2D eigenvalue weighted by atomic mass is 16.5. The summed E-state index contributed by atoms with van der Waals surface area (Å²) in [5, 5.41) is 7.69. The minimum absolute atomic E-state index is 0.299. The molecule has 0 radical (unpaired) electrons. The summed E-state index contributed by atoms with van der Waals surface area (Å²) in [4.78, 5) is 7.21. The highest BCUT2D eigenvalue weighted by Gasteiger charge is 2.26. The number of hydrogen-bond acceptors (Lipinski definition) is 5. The molecule has 2 heterocycles. The summed E-state index contributed by atoms with van der Waals surface area (Å²) in [6.45, 7) is 10.9. The van der Waals surface area contributed by atoms with Gasteiger partial charge in [0, 0.05) is 32.1 Å². The van der Waals surface area contributed by atoms with Gasteiger partial charge in [-0.2, -0.15) is 4.98 Å². The van der Waals surface area contributed by atoms with Gasteiger partial charge >= 0.3 is 0 Å². The Kier molecular flexibility index (Phi) is 6.64. The van der Waals surface area contributed by atoms with Crippen molar-refractivity contribution in [2.24, 2.45) is 0 Å². The number of rotatable bonds is 8. The molecule has 0 spiro atoms. The van der Waals surface area contributed by atoms with Crippen LogP contribution in [0.5, 0.6) is 0 Å². The van der Waals surface area contributed by atoms with Crippen LogP contribution in [0.1, 0.15) is 76.6 Å². The van der Waals surface area contributed by atoms with E-state index in [1.165, 1.54) is 12.8 Å². The molecule has 0 aliphatic carbocycles. The number of unbranched alkanes of at least 4 members (excludes halogenated alkanes) is 1. The number of nitrogens with zero attached hydrogens (tertiary/aromatic N) is 3. The number of nitrogens with one attached hydrogen (secondary N) is 1. The van der Waals surface area contributed by atoms with Crippen LogP contribution < -0.4 is 5.32 Å². The van der Waals surface area contributed by atoms with Gasteiger partial charge in [0.25, 0.3) is 0 Å². The topological polar surface area (TPSA) is 54.2 Å². The van der Waals surface area contributed by atoms with Gasteiger partial charge in [-0.05, 0) is 19.3 Å². The third-order valence-corrected chi connectivity index (χ3v) is 4.48. The van der Waals surface area contributed by atoms with Crippen molar-refractivity contribution in [1.82, 2.24) is 20.4 Å². The van der Waals surface area contributed by atoms with Crippen molar-refractivity contribution in [3.05, 3.63) is 11.7 Å². The van der Waals surface area contributed by atoms with Gasteiger partial charge in [-0.25, -0.2) is 0 Å². The lowest BCUT2D eigenvalue weighted by molar-refractivity contribution is 0.160. The molecular formula is C16H30N4O. The summed E-state index contributed by atoms with van der Waals surface area (Å²) in [5.41, 5.74) is 0. The van der Waals surface area contributed by atoms with Crippen molar-refractivity contribution in [2.75, 3.05) is 26.2 Å².